The van der Waals surface area contributed by atoms with Crippen molar-refractivity contribution in [3.63, 3.8) is 0 Å². The van der Waals surface area contributed by atoms with Gasteiger partial charge >= 0.3 is 6.09 Å². The molecule has 1 aromatic carbocycles. The second-order valence-corrected chi connectivity index (χ2v) is 3.91. The van der Waals surface area contributed by atoms with E-state index in [0.29, 0.717) is 0 Å². The number of amides is 1. The molecule has 0 aliphatic heterocycles. The number of rotatable bonds is 5. The lowest BCUT2D eigenvalue weighted by Gasteiger charge is -2.17. The summed E-state index contributed by atoms with van der Waals surface area (Å²) < 4.78 is 5.07. The first-order valence-corrected chi connectivity index (χ1v) is 5.56. The Hall–Kier alpha value is -1.77. The average molecular weight is 232 g/mol. The summed E-state index contributed by atoms with van der Waals surface area (Å²) >= 11 is 0. The summed E-state index contributed by atoms with van der Waals surface area (Å²) in [6.07, 6.45) is 1.29. The highest BCUT2D eigenvalue weighted by Gasteiger charge is 2.12. The summed E-state index contributed by atoms with van der Waals surface area (Å²) in [6.45, 7) is 9.67. The highest BCUT2D eigenvalue weighted by molar-refractivity contribution is 5.67. The van der Waals surface area contributed by atoms with Crippen molar-refractivity contribution in [3.05, 3.63) is 55.5 Å². The van der Waals surface area contributed by atoms with E-state index in [1.54, 1.807) is 6.08 Å². The maximum absolute atomic E-state index is 11.4. The average Bonchev–Trinajstić information content (AvgIpc) is 2.36. The number of benzene rings is 1. The van der Waals surface area contributed by atoms with Crippen molar-refractivity contribution in [2.24, 2.45) is 5.92 Å². The predicted molar refractivity (Wildman–Crippen MR) is 68.3 cm³/mol. The van der Waals surface area contributed by atoms with E-state index in [1.165, 1.54) is 0 Å². The molecule has 0 fully saturated rings. The van der Waals surface area contributed by atoms with E-state index in [1.807, 2.05) is 37.3 Å². The van der Waals surface area contributed by atoms with Gasteiger partial charge in [0, 0.05) is 6.04 Å². The van der Waals surface area contributed by atoms with Gasteiger partial charge < -0.3 is 10.1 Å². The van der Waals surface area contributed by atoms with Gasteiger partial charge in [-0.05, 0) is 18.4 Å². The maximum atomic E-state index is 11.4. The molecule has 1 rings (SSSR count). The van der Waals surface area contributed by atoms with E-state index < -0.39 is 6.09 Å². The molecule has 2 atom stereocenters. The van der Waals surface area contributed by atoms with E-state index in [9.17, 15) is 4.79 Å². The number of ether oxygens (including phenoxy) is 1. The number of carbonyl (C=O) groups excluding carboxylic acids is 1. The molecule has 17 heavy (non-hydrogen) atoms. The molecule has 1 aromatic rings. The van der Waals surface area contributed by atoms with Gasteiger partial charge in [-0.25, -0.2) is 4.79 Å². The first kappa shape index (κ1) is 13.3. The molecule has 0 saturated carbocycles. The zero-order chi connectivity index (χ0) is 12.7. The van der Waals surface area contributed by atoms with E-state index in [-0.39, 0.29) is 18.6 Å². The molecule has 0 bridgehead atoms. The van der Waals surface area contributed by atoms with Gasteiger partial charge in [0.15, 0.2) is 0 Å². The second kappa shape index (κ2) is 6.74. The third-order valence-electron chi connectivity index (χ3n) is 2.52. The number of hydrogen-bond donors (Lipinski definition) is 1. The van der Waals surface area contributed by atoms with Gasteiger partial charge in [-0.2, -0.15) is 0 Å². The molecule has 0 aromatic heterocycles. The molecule has 1 amide bonds. The number of carbonyl (C=O) groups is 1. The second-order valence-electron chi connectivity index (χ2n) is 3.91. The van der Waals surface area contributed by atoms with Gasteiger partial charge in [0.05, 0.1) is 0 Å². The van der Waals surface area contributed by atoms with Crippen LogP contribution in [0.15, 0.2) is 43.0 Å². The van der Waals surface area contributed by atoms with Gasteiger partial charge in [-0.15, -0.1) is 6.58 Å². The molecular formula is C14H18NO2. The molecule has 1 radical (unpaired) electrons. The van der Waals surface area contributed by atoms with Crippen LogP contribution in [0.3, 0.4) is 0 Å². The molecule has 0 aliphatic rings. The Balaban J connectivity index is 2.33. The highest BCUT2D eigenvalue weighted by atomic mass is 16.5. The van der Waals surface area contributed by atoms with Gasteiger partial charge in [0.25, 0.3) is 0 Å². The summed E-state index contributed by atoms with van der Waals surface area (Å²) in [5, 5.41) is 2.66. The van der Waals surface area contributed by atoms with Gasteiger partial charge in [-0.1, -0.05) is 43.3 Å². The Kier molecular flexibility index (Phi) is 5.27. The van der Waals surface area contributed by atoms with Crippen LogP contribution < -0.4 is 5.32 Å². The van der Waals surface area contributed by atoms with E-state index in [2.05, 4.69) is 18.8 Å². The zero-order valence-electron chi connectivity index (χ0n) is 10.1. The molecule has 0 saturated heterocycles. The van der Waals surface area contributed by atoms with E-state index in [4.69, 9.17) is 4.74 Å². The normalized spacial score (nSPS) is 13.5. The largest absolute Gasteiger partial charge is 0.445 e. The van der Waals surface area contributed by atoms with Crippen molar-refractivity contribution >= 4 is 6.09 Å². The fourth-order valence-corrected chi connectivity index (χ4v) is 1.21. The molecule has 3 nitrogen and oxygen atoms in total. The minimum absolute atomic E-state index is 0.110. The standard InChI is InChI=1S/C14H18NO2/c1-4-11(2)12(3)15-14(16)17-10-13-8-6-5-7-9-13/h4-9,11-12H,1,3,10H2,2H3,(H,15,16)/t11-,12-/m0/s1. The Bertz CT molecular complexity index is 362. The molecular weight excluding hydrogens is 214 g/mol. The van der Waals surface area contributed by atoms with Gasteiger partial charge in [0.2, 0.25) is 0 Å². The molecule has 0 heterocycles. The van der Waals surface area contributed by atoms with Crippen LogP contribution in [-0.4, -0.2) is 12.1 Å². The summed E-state index contributed by atoms with van der Waals surface area (Å²) in [5.74, 6) is 0.110. The minimum atomic E-state index is -0.456. The smallest absolute Gasteiger partial charge is 0.407 e. The fraction of sp³-hybridized carbons (Fsp3) is 0.286. The number of nitrogens with one attached hydrogen (secondary N) is 1. The third kappa shape index (κ3) is 4.72. The third-order valence-corrected chi connectivity index (χ3v) is 2.52. The Morgan fingerprint density at radius 1 is 1.47 bits per heavy atom. The summed E-state index contributed by atoms with van der Waals surface area (Å²) in [4.78, 5) is 11.4. The van der Waals surface area contributed by atoms with Crippen molar-refractivity contribution < 1.29 is 9.53 Å². The van der Waals surface area contributed by atoms with Crippen molar-refractivity contribution in [2.75, 3.05) is 0 Å². The minimum Gasteiger partial charge on any atom is -0.445 e. The lowest BCUT2D eigenvalue weighted by Crippen LogP contribution is -2.36. The lowest BCUT2D eigenvalue weighted by atomic mass is 10.1. The topological polar surface area (TPSA) is 38.3 Å². The lowest BCUT2D eigenvalue weighted by molar-refractivity contribution is 0.136. The quantitative estimate of drug-likeness (QED) is 0.793. The first-order valence-electron chi connectivity index (χ1n) is 5.56. The van der Waals surface area contributed by atoms with Crippen LogP contribution in [-0.2, 0) is 11.3 Å². The van der Waals surface area contributed by atoms with E-state index in [0.717, 1.165) is 5.56 Å². The van der Waals surface area contributed by atoms with Crippen LogP contribution in [0.4, 0.5) is 4.79 Å². The molecule has 0 unspecified atom stereocenters. The molecule has 0 spiro atoms. The molecule has 3 heteroatoms. The summed E-state index contributed by atoms with van der Waals surface area (Å²) in [7, 11) is 0. The molecule has 0 aliphatic carbocycles. The zero-order valence-corrected chi connectivity index (χ0v) is 10.1. The summed E-state index contributed by atoms with van der Waals surface area (Å²) in [6, 6.07) is 9.31. The van der Waals surface area contributed by atoms with E-state index >= 15 is 0 Å². The fourth-order valence-electron chi connectivity index (χ4n) is 1.21. The van der Waals surface area contributed by atoms with Crippen molar-refractivity contribution in [1.82, 2.24) is 5.32 Å². The molecule has 91 valence electrons. The van der Waals surface area contributed by atoms with Crippen LogP contribution in [0.25, 0.3) is 0 Å². The number of hydrogen-bond acceptors (Lipinski definition) is 2. The van der Waals surface area contributed by atoms with Gasteiger partial charge in [-0.3, -0.25) is 0 Å². The molecule has 1 N–H and O–H groups in total. The van der Waals surface area contributed by atoms with Crippen LogP contribution in [0.1, 0.15) is 12.5 Å². The van der Waals surface area contributed by atoms with Crippen molar-refractivity contribution in [1.29, 1.82) is 0 Å². The van der Waals surface area contributed by atoms with Crippen LogP contribution in [0.5, 0.6) is 0 Å². The maximum Gasteiger partial charge on any atom is 0.407 e. The number of alkyl carbamates (subject to hydrolysis) is 1. The van der Waals surface area contributed by atoms with Crippen molar-refractivity contribution in [2.45, 2.75) is 19.6 Å². The Morgan fingerprint density at radius 2 is 2.12 bits per heavy atom. The Morgan fingerprint density at radius 3 is 2.71 bits per heavy atom. The van der Waals surface area contributed by atoms with Gasteiger partial charge in [0.1, 0.15) is 6.61 Å². The van der Waals surface area contributed by atoms with Crippen LogP contribution in [0.2, 0.25) is 0 Å². The van der Waals surface area contributed by atoms with Crippen LogP contribution >= 0.6 is 0 Å². The monoisotopic (exact) mass is 232 g/mol. The SMILES string of the molecule is [CH2][C@H](NC(=O)OCc1ccccc1)[C@@H](C)C=C. The van der Waals surface area contributed by atoms with Crippen molar-refractivity contribution in [3.8, 4) is 0 Å². The summed E-state index contributed by atoms with van der Waals surface area (Å²) in [5.41, 5.74) is 0.958. The first-order chi connectivity index (χ1) is 8.13. The Labute approximate surface area is 102 Å². The van der Waals surface area contributed by atoms with Crippen LogP contribution in [0, 0.1) is 12.8 Å². The highest BCUT2D eigenvalue weighted by Crippen LogP contribution is 2.04. The predicted octanol–water partition coefficient (Wildman–Crippen LogP) is 2.94.